The van der Waals surface area contributed by atoms with Crippen molar-refractivity contribution in [2.24, 2.45) is 5.10 Å². The number of nitrogens with one attached hydrogen (secondary N) is 3. The Hall–Kier alpha value is -4.26. The Morgan fingerprint density at radius 2 is 1.89 bits per heavy atom. The lowest BCUT2D eigenvalue weighted by atomic mass is 9.95. The highest BCUT2D eigenvalue weighted by Crippen LogP contribution is 2.35. The first-order valence-electron chi connectivity index (χ1n) is 13.6. The minimum Gasteiger partial charge on any atom is -0.490 e. The summed E-state index contributed by atoms with van der Waals surface area (Å²) in [6, 6.07) is 16.7. The Labute approximate surface area is 268 Å². The first kappa shape index (κ1) is 32.6. The zero-order valence-electron chi connectivity index (χ0n) is 24.2. The number of ether oxygens (including phenoxy) is 4. The van der Waals surface area contributed by atoms with E-state index in [-0.39, 0.29) is 18.8 Å². The van der Waals surface area contributed by atoms with Crippen LogP contribution in [-0.4, -0.2) is 49.9 Å². The predicted molar refractivity (Wildman–Crippen MR) is 169 cm³/mol. The Balaban J connectivity index is 1.41. The lowest BCUT2D eigenvalue weighted by Crippen LogP contribution is -2.45. The molecule has 4 N–H and O–H groups in total. The van der Waals surface area contributed by atoms with Gasteiger partial charge in [-0.1, -0.05) is 51.8 Å². The van der Waals surface area contributed by atoms with E-state index in [1.165, 1.54) is 13.3 Å². The molecule has 44 heavy (non-hydrogen) atoms. The maximum absolute atomic E-state index is 12.5. The van der Waals surface area contributed by atoms with Crippen LogP contribution in [0.1, 0.15) is 36.6 Å². The fourth-order valence-electron chi connectivity index (χ4n) is 4.34. The molecule has 2 amide bonds. The number of hydrazone groups is 1. The number of amides is 2. The summed E-state index contributed by atoms with van der Waals surface area (Å²) >= 11 is 9.70. The number of esters is 1. The molecule has 0 spiro atoms. The van der Waals surface area contributed by atoms with E-state index >= 15 is 0 Å². The summed E-state index contributed by atoms with van der Waals surface area (Å²) in [4.78, 5) is 24.6. The minimum absolute atomic E-state index is 0.165. The van der Waals surface area contributed by atoms with Crippen molar-refractivity contribution in [3.8, 4) is 17.2 Å². The second-order valence-corrected chi connectivity index (χ2v) is 10.8. The summed E-state index contributed by atoms with van der Waals surface area (Å²) in [7, 11) is 1.27. The van der Waals surface area contributed by atoms with Gasteiger partial charge >= 0.3 is 12.0 Å². The maximum Gasteiger partial charge on any atom is 0.337 e. The number of methoxy groups -OCH3 is 1. The molecule has 3 aromatic rings. The molecule has 0 bridgehead atoms. The average molecular weight is 688 g/mol. The number of hydrogen-bond donors (Lipinski definition) is 4. The zero-order valence-corrected chi connectivity index (χ0v) is 26.6. The molecule has 232 valence electrons. The normalized spacial score (nSPS) is 15.3. The molecule has 1 aliphatic heterocycles. The number of carbonyl (C=O) groups is 2. The highest BCUT2D eigenvalue weighted by atomic mass is 79.9. The van der Waals surface area contributed by atoms with Gasteiger partial charge in [0, 0.05) is 26.3 Å². The number of rotatable bonds is 13. The fraction of sp³-hybridized carbons (Fsp3) is 0.258. The molecule has 4 rings (SSSR count). The van der Waals surface area contributed by atoms with E-state index in [0.29, 0.717) is 45.7 Å². The van der Waals surface area contributed by atoms with Gasteiger partial charge in [-0.05, 0) is 55.8 Å². The smallest absolute Gasteiger partial charge is 0.337 e. The van der Waals surface area contributed by atoms with Crippen molar-refractivity contribution in [1.29, 1.82) is 0 Å². The van der Waals surface area contributed by atoms with Crippen LogP contribution in [0.25, 0.3) is 0 Å². The van der Waals surface area contributed by atoms with Gasteiger partial charge in [0.25, 0.3) is 0 Å². The Morgan fingerprint density at radius 1 is 1.11 bits per heavy atom. The molecule has 1 aliphatic rings. The van der Waals surface area contributed by atoms with Crippen molar-refractivity contribution in [2.75, 3.05) is 20.3 Å². The highest BCUT2D eigenvalue weighted by molar-refractivity contribution is 9.10. The number of benzene rings is 3. The monoisotopic (exact) mass is 686 g/mol. The topological polar surface area (TPSA) is 140 Å². The number of halogens is 2. The number of hydrogen-bond acceptors (Lipinski definition) is 9. The van der Waals surface area contributed by atoms with Crippen molar-refractivity contribution in [3.63, 3.8) is 0 Å². The largest absolute Gasteiger partial charge is 0.490 e. The Morgan fingerprint density at radius 3 is 2.64 bits per heavy atom. The number of aliphatic hydroxyl groups excluding tert-OH is 1. The van der Waals surface area contributed by atoms with E-state index in [4.69, 9.17) is 30.5 Å². The van der Waals surface area contributed by atoms with Crippen LogP contribution >= 0.6 is 27.5 Å². The molecule has 13 heteroatoms. The third kappa shape index (κ3) is 8.43. The van der Waals surface area contributed by atoms with E-state index in [1.807, 2.05) is 37.3 Å². The molecule has 0 radical (unpaired) electrons. The molecule has 3 aromatic carbocycles. The Kier molecular flexibility index (Phi) is 11.5. The molecule has 0 saturated carbocycles. The van der Waals surface area contributed by atoms with Crippen LogP contribution in [0.5, 0.6) is 17.2 Å². The van der Waals surface area contributed by atoms with Gasteiger partial charge in [-0.2, -0.15) is 5.10 Å². The molecule has 0 unspecified atom stereocenters. The van der Waals surface area contributed by atoms with Gasteiger partial charge in [0.15, 0.2) is 17.7 Å². The van der Waals surface area contributed by atoms with Gasteiger partial charge in [0.05, 0.1) is 31.5 Å². The molecule has 0 aliphatic carbocycles. The maximum atomic E-state index is 12.5. The number of aliphatic hydroxyl groups is 1. The van der Waals surface area contributed by atoms with Crippen LogP contribution in [0.15, 0.2) is 81.5 Å². The van der Waals surface area contributed by atoms with Gasteiger partial charge in [0.2, 0.25) is 0 Å². The molecule has 2 atom stereocenters. The molecule has 11 nitrogen and oxygen atoms in total. The van der Waals surface area contributed by atoms with Crippen molar-refractivity contribution in [2.45, 2.75) is 32.7 Å². The summed E-state index contributed by atoms with van der Waals surface area (Å²) in [6.45, 7) is 3.88. The molecular formula is C31H32BrClN4O7. The third-order valence-electron chi connectivity index (χ3n) is 6.41. The van der Waals surface area contributed by atoms with Crippen LogP contribution in [0.2, 0.25) is 5.02 Å². The lowest BCUT2D eigenvalue weighted by molar-refractivity contribution is -0.136. The first-order valence-corrected chi connectivity index (χ1v) is 14.8. The SMILES string of the molecule is CCOc1cc([C@H]2NC(=O)NC(C)=C2C(=O)OC)ccc1OC[C@H](O)N/N=C\c1cc(Br)ccc1OCc1ccccc1Cl. The molecule has 0 saturated heterocycles. The zero-order chi connectivity index (χ0) is 31.6. The number of allylic oxidation sites excluding steroid dienone is 1. The standard InChI is InChI=1S/C31H32BrClN4O7/c1-4-42-26-14-19(29-28(30(39)41-3)18(2)35-31(40)36-29)9-11-25(26)44-17-27(38)37-34-15-21-13-22(32)10-12-24(21)43-16-20-7-5-6-8-23(20)33/h5-15,27,29,37-38H,4,16-17H2,1-3H3,(H2,35,36,40)/b34-15-/t27-,29+/m0/s1. The van der Waals surface area contributed by atoms with Crippen LogP contribution in [0.4, 0.5) is 4.79 Å². The van der Waals surface area contributed by atoms with Crippen molar-refractivity contribution in [3.05, 3.63) is 98.1 Å². The quantitative estimate of drug-likeness (QED) is 0.0833. The van der Waals surface area contributed by atoms with Gasteiger partial charge < -0.3 is 34.7 Å². The van der Waals surface area contributed by atoms with Gasteiger partial charge in [-0.25, -0.2) is 9.59 Å². The van der Waals surface area contributed by atoms with Crippen molar-refractivity contribution < 1.29 is 33.6 Å². The first-order chi connectivity index (χ1) is 21.2. The molecular weight excluding hydrogens is 656 g/mol. The van der Waals surface area contributed by atoms with Crippen LogP contribution in [0.3, 0.4) is 0 Å². The fourth-order valence-corrected chi connectivity index (χ4v) is 4.91. The van der Waals surface area contributed by atoms with Crippen molar-refractivity contribution in [1.82, 2.24) is 16.1 Å². The summed E-state index contributed by atoms with van der Waals surface area (Å²) < 4.78 is 23.3. The van der Waals surface area contributed by atoms with Gasteiger partial charge in [-0.15, -0.1) is 0 Å². The van der Waals surface area contributed by atoms with E-state index < -0.39 is 24.3 Å². The second kappa shape index (κ2) is 15.5. The van der Waals surface area contributed by atoms with Crippen LogP contribution in [0, 0.1) is 0 Å². The predicted octanol–water partition coefficient (Wildman–Crippen LogP) is 5.20. The third-order valence-corrected chi connectivity index (χ3v) is 7.27. The second-order valence-electron chi connectivity index (χ2n) is 9.48. The molecule has 0 fully saturated rings. The van der Waals surface area contributed by atoms with Gasteiger partial charge in [0.1, 0.15) is 19.0 Å². The van der Waals surface area contributed by atoms with E-state index in [2.05, 4.69) is 37.1 Å². The number of carbonyl (C=O) groups excluding carboxylic acids is 2. The Bertz CT molecular complexity index is 1570. The lowest BCUT2D eigenvalue weighted by Gasteiger charge is -2.28. The van der Waals surface area contributed by atoms with Crippen molar-refractivity contribution >= 4 is 45.7 Å². The van der Waals surface area contributed by atoms with E-state index in [0.717, 1.165) is 10.0 Å². The summed E-state index contributed by atoms with van der Waals surface area (Å²) in [6.07, 6.45) is 0.359. The number of urea groups is 1. The molecule has 0 aromatic heterocycles. The average Bonchev–Trinajstić information content (AvgIpc) is 3.00. The summed E-state index contributed by atoms with van der Waals surface area (Å²) in [5.41, 5.74) is 5.39. The summed E-state index contributed by atoms with van der Waals surface area (Å²) in [5.74, 6) is 0.722. The summed E-state index contributed by atoms with van der Waals surface area (Å²) in [5, 5.41) is 20.6. The highest BCUT2D eigenvalue weighted by Gasteiger charge is 2.32. The van der Waals surface area contributed by atoms with E-state index in [9.17, 15) is 14.7 Å². The van der Waals surface area contributed by atoms with E-state index in [1.54, 1.807) is 37.3 Å². The molecule has 1 heterocycles. The van der Waals surface area contributed by atoms with Gasteiger partial charge in [-0.3, -0.25) is 5.43 Å². The number of nitrogens with zero attached hydrogens (tertiary/aromatic N) is 1. The van der Waals surface area contributed by atoms with Crippen LogP contribution < -0.4 is 30.3 Å². The minimum atomic E-state index is -1.17. The van der Waals surface area contributed by atoms with Crippen LogP contribution in [-0.2, 0) is 16.1 Å².